The lowest BCUT2D eigenvalue weighted by Gasteiger charge is -2.24. The van der Waals surface area contributed by atoms with E-state index in [1.165, 1.54) is 23.9 Å². The molecule has 1 aliphatic rings. The molecule has 12 heteroatoms. The molecular weight excluding hydrogens is 564 g/mol. The minimum atomic E-state index is -3.92. The molecule has 1 saturated heterocycles. The van der Waals surface area contributed by atoms with E-state index in [2.05, 4.69) is 10.3 Å². The van der Waals surface area contributed by atoms with Gasteiger partial charge >= 0.3 is 5.97 Å². The topological polar surface area (TPSA) is 157 Å². The Kier molecular flexibility index (Phi) is 12.1. The van der Waals surface area contributed by atoms with Crippen LogP contribution in [-0.4, -0.2) is 64.9 Å². The van der Waals surface area contributed by atoms with Gasteiger partial charge in [-0.1, -0.05) is 48.9 Å². The summed E-state index contributed by atoms with van der Waals surface area (Å²) in [5.74, 6) is -1.45. The summed E-state index contributed by atoms with van der Waals surface area (Å²) in [7, 11) is -3.92. The van der Waals surface area contributed by atoms with Crippen LogP contribution in [0.2, 0.25) is 0 Å². The Bertz CT molecular complexity index is 1390. The van der Waals surface area contributed by atoms with Crippen LogP contribution in [0.15, 0.2) is 64.5 Å². The van der Waals surface area contributed by atoms with Crippen molar-refractivity contribution in [1.82, 2.24) is 9.62 Å². The van der Waals surface area contributed by atoms with E-state index in [4.69, 9.17) is 5.26 Å². The van der Waals surface area contributed by atoms with E-state index in [1.54, 1.807) is 48.7 Å². The first-order valence-electron chi connectivity index (χ1n) is 13.3. The number of Topliss-reactive ketones (excluding diaryl/α,β-unsaturated/α-hetero) is 1. The normalized spacial score (nSPS) is 16.6. The second kappa shape index (κ2) is 15.5. The molecule has 1 fully saturated rings. The number of sulfonamides is 1. The summed E-state index contributed by atoms with van der Waals surface area (Å²) >= 11 is 1.29. The second-order valence-corrected chi connectivity index (χ2v) is 12.8. The van der Waals surface area contributed by atoms with Crippen molar-refractivity contribution in [2.45, 2.75) is 68.8 Å². The molecule has 2 atom stereocenters. The lowest BCUT2D eigenvalue weighted by molar-refractivity contribution is -0.142. The van der Waals surface area contributed by atoms with E-state index in [-0.39, 0.29) is 35.2 Å². The first kappa shape index (κ1) is 32.0. The molecule has 41 heavy (non-hydrogen) atoms. The van der Waals surface area contributed by atoms with Gasteiger partial charge in [-0.3, -0.25) is 9.59 Å². The van der Waals surface area contributed by atoms with Crippen LogP contribution in [0.1, 0.15) is 50.2 Å². The third kappa shape index (κ3) is 9.52. The molecule has 10 nitrogen and oxygen atoms in total. The summed E-state index contributed by atoms with van der Waals surface area (Å²) in [4.78, 5) is 41.1. The molecule has 0 aliphatic carbocycles. The number of carboxylic acids is 1. The minimum absolute atomic E-state index is 0.00905. The van der Waals surface area contributed by atoms with Crippen molar-refractivity contribution in [3.8, 4) is 6.19 Å². The smallest absolute Gasteiger partial charge is 0.326 e. The van der Waals surface area contributed by atoms with Crippen molar-refractivity contribution in [2.75, 3.05) is 11.6 Å². The van der Waals surface area contributed by atoms with E-state index in [0.717, 1.165) is 41.3 Å². The highest BCUT2D eigenvalue weighted by atomic mass is 32.2. The molecule has 0 saturated carbocycles. The quantitative estimate of drug-likeness (QED) is 0.179. The number of carboxylic acid groups (broad SMARTS) is 1. The molecular formula is C29H34N4O6S2. The molecule has 2 N–H and O–H groups in total. The molecule has 0 aromatic heterocycles. The van der Waals surface area contributed by atoms with Crippen LogP contribution < -0.4 is 5.32 Å². The number of aliphatic imine (C=N–C) groups is 1. The number of carbonyl (C=O) groups excluding carboxylic acids is 2. The Morgan fingerprint density at radius 1 is 1.07 bits per heavy atom. The van der Waals surface area contributed by atoms with Crippen LogP contribution >= 0.6 is 11.8 Å². The number of carbonyl (C=O) groups is 3. The van der Waals surface area contributed by atoms with Crippen molar-refractivity contribution >= 4 is 45.2 Å². The maximum absolute atomic E-state index is 13.1. The van der Waals surface area contributed by atoms with Crippen LogP contribution in [0.25, 0.3) is 0 Å². The van der Waals surface area contributed by atoms with Gasteiger partial charge in [0.15, 0.2) is 0 Å². The van der Waals surface area contributed by atoms with Crippen molar-refractivity contribution < 1.29 is 27.9 Å². The summed E-state index contributed by atoms with van der Waals surface area (Å²) in [6, 6.07) is 12.6. The monoisotopic (exact) mass is 598 g/mol. The fourth-order valence-electron chi connectivity index (χ4n) is 4.43. The minimum Gasteiger partial charge on any atom is -0.480 e. The summed E-state index contributed by atoms with van der Waals surface area (Å²) in [6.07, 6.45) is 5.77. The molecule has 1 aliphatic heterocycles. The van der Waals surface area contributed by atoms with Crippen LogP contribution in [0.4, 0.5) is 0 Å². The van der Waals surface area contributed by atoms with Gasteiger partial charge in [-0.15, -0.1) is 11.8 Å². The largest absolute Gasteiger partial charge is 0.480 e. The highest BCUT2D eigenvalue weighted by molar-refractivity contribution is 8.00. The fraction of sp³-hybridized carbons (Fsp3) is 0.414. The van der Waals surface area contributed by atoms with E-state index in [9.17, 15) is 27.9 Å². The predicted octanol–water partition coefficient (Wildman–Crippen LogP) is 3.57. The zero-order valence-electron chi connectivity index (χ0n) is 22.9. The number of nitriles is 1. The Morgan fingerprint density at radius 2 is 1.73 bits per heavy atom. The number of rotatable bonds is 15. The lowest BCUT2D eigenvalue weighted by atomic mass is 10.00. The van der Waals surface area contributed by atoms with Gasteiger partial charge in [0.1, 0.15) is 17.9 Å². The van der Waals surface area contributed by atoms with Crippen molar-refractivity contribution in [1.29, 1.82) is 5.26 Å². The van der Waals surface area contributed by atoms with Gasteiger partial charge < -0.3 is 10.4 Å². The van der Waals surface area contributed by atoms with Crippen LogP contribution in [0, 0.1) is 11.5 Å². The molecule has 0 spiro atoms. The summed E-state index contributed by atoms with van der Waals surface area (Å²) in [5.41, 5.74) is 2.27. The van der Waals surface area contributed by atoms with E-state index in [1.807, 2.05) is 6.92 Å². The second-order valence-electron chi connectivity index (χ2n) is 9.86. The first-order chi connectivity index (χ1) is 19.6. The average molecular weight is 599 g/mol. The molecule has 0 radical (unpaired) electrons. The van der Waals surface area contributed by atoms with Crippen molar-refractivity contribution in [3.63, 3.8) is 0 Å². The van der Waals surface area contributed by atoms with Gasteiger partial charge in [-0.25, -0.2) is 13.2 Å². The summed E-state index contributed by atoms with van der Waals surface area (Å²) in [5, 5.41) is 20.8. The zero-order chi connectivity index (χ0) is 29.8. The lowest BCUT2D eigenvalue weighted by Crippen LogP contribution is -2.52. The molecule has 1 unspecified atom stereocenters. The van der Waals surface area contributed by atoms with Crippen LogP contribution in [0.3, 0.4) is 0 Å². The molecule has 1 amide bonds. The average Bonchev–Trinajstić information content (AvgIpc) is 3.45. The predicted molar refractivity (Wildman–Crippen MR) is 157 cm³/mol. The maximum Gasteiger partial charge on any atom is 0.326 e. The molecule has 1 heterocycles. The SMILES string of the molecule is CC(CCCCCC(=O)Cc1ccc(CC(NC(=O)[C@@H]2CSCN2S(=O)(=O)c2ccccc2)C(=O)O)cc1)=NC#N. The van der Waals surface area contributed by atoms with Crippen LogP contribution in [-0.2, 0) is 37.2 Å². The number of hydrogen-bond donors (Lipinski definition) is 2. The van der Waals surface area contributed by atoms with Gasteiger partial charge in [-0.2, -0.15) is 14.6 Å². The van der Waals surface area contributed by atoms with E-state index >= 15 is 0 Å². The third-order valence-corrected chi connectivity index (χ3v) is 9.75. The van der Waals surface area contributed by atoms with E-state index in [0.29, 0.717) is 12.0 Å². The Morgan fingerprint density at radius 3 is 2.39 bits per heavy atom. The van der Waals surface area contributed by atoms with Gasteiger partial charge in [0.05, 0.1) is 10.8 Å². The number of hydrogen-bond acceptors (Lipinski definition) is 8. The standard InChI is InChI=1S/C29H34N4O6S2/c1-21(31-19-30)8-4-2-5-9-24(34)16-22-12-14-23(15-13-22)17-26(29(36)37)32-28(35)27-18-40-20-33(27)41(38,39)25-10-6-3-7-11-25/h3,6-7,10-15,26-27H,2,4-5,8-9,16-18,20H2,1H3,(H,32,35)(H,36,37)/t26?,27-/m0/s1. The Balaban J connectivity index is 1.52. The number of aliphatic carboxylic acids is 1. The van der Waals surface area contributed by atoms with Gasteiger partial charge in [0.2, 0.25) is 22.1 Å². The first-order valence-corrected chi connectivity index (χ1v) is 15.9. The summed E-state index contributed by atoms with van der Waals surface area (Å²) in [6.45, 7) is 1.81. The van der Waals surface area contributed by atoms with Gasteiger partial charge in [-0.05, 0) is 49.4 Å². The number of nitrogens with one attached hydrogen (secondary N) is 1. The number of nitrogens with zero attached hydrogens (tertiary/aromatic N) is 3. The zero-order valence-corrected chi connectivity index (χ0v) is 24.5. The number of unbranched alkanes of at least 4 members (excludes halogenated alkanes) is 2. The Labute approximate surface area is 244 Å². The van der Waals surface area contributed by atoms with Gasteiger partial charge in [0.25, 0.3) is 0 Å². The van der Waals surface area contributed by atoms with Crippen molar-refractivity contribution in [2.24, 2.45) is 4.99 Å². The highest BCUT2D eigenvalue weighted by Crippen LogP contribution is 2.28. The number of thioether (sulfide) groups is 1. The number of benzene rings is 2. The molecule has 2 aromatic carbocycles. The fourth-order valence-corrected chi connectivity index (χ4v) is 7.60. The van der Waals surface area contributed by atoms with E-state index < -0.39 is 34.0 Å². The van der Waals surface area contributed by atoms with Crippen molar-refractivity contribution in [3.05, 3.63) is 65.7 Å². The molecule has 0 bridgehead atoms. The highest BCUT2D eigenvalue weighted by Gasteiger charge is 2.41. The summed E-state index contributed by atoms with van der Waals surface area (Å²) < 4.78 is 27.3. The van der Waals surface area contributed by atoms with Crippen LogP contribution in [0.5, 0.6) is 0 Å². The number of amides is 1. The third-order valence-electron chi connectivity index (χ3n) is 6.71. The molecule has 218 valence electrons. The molecule has 2 aromatic rings. The maximum atomic E-state index is 13.1. The van der Waals surface area contributed by atoms with Gasteiger partial charge in [0, 0.05) is 30.7 Å². The molecule has 3 rings (SSSR count). The number of ketones is 1. The Hall–Kier alpha value is -3.53.